The smallest absolute Gasteiger partial charge is 0.337 e. The van der Waals surface area contributed by atoms with E-state index in [4.69, 9.17) is 9.47 Å². The SMILES string of the molecule is CCc1ccccc1N1CC(C(=O)Nc2cc(C(=O)OC)cc(C(=O)OC)c2)CC1=O. The quantitative estimate of drug-likeness (QED) is 0.716. The van der Waals surface area contributed by atoms with E-state index < -0.39 is 17.9 Å². The number of methoxy groups -OCH3 is 2. The van der Waals surface area contributed by atoms with Crippen molar-refractivity contribution in [3.63, 3.8) is 0 Å². The number of para-hydroxylation sites is 1. The van der Waals surface area contributed by atoms with Gasteiger partial charge in [0.2, 0.25) is 11.8 Å². The average molecular weight is 424 g/mol. The van der Waals surface area contributed by atoms with Gasteiger partial charge in [-0.25, -0.2) is 9.59 Å². The Bertz CT molecular complexity index is 998. The Balaban J connectivity index is 1.81. The van der Waals surface area contributed by atoms with E-state index in [0.717, 1.165) is 17.7 Å². The Morgan fingerprint density at radius 2 is 1.65 bits per heavy atom. The summed E-state index contributed by atoms with van der Waals surface area (Å²) < 4.78 is 9.42. The number of nitrogens with zero attached hydrogens (tertiary/aromatic N) is 1. The minimum Gasteiger partial charge on any atom is -0.465 e. The number of nitrogens with one attached hydrogen (secondary N) is 1. The van der Waals surface area contributed by atoms with Gasteiger partial charge in [-0.1, -0.05) is 25.1 Å². The number of carbonyl (C=O) groups excluding carboxylic acids is 4. The fraction of sp³-hybridized carbons (Fsp3) is 0.304. The summed E-state index contributed by atoms with van der Waals surface area (Å²) in [5.74, 6) is -2.37. The van der Waals surface area contributed by atoms with Gasteiger partial charge in [0.15, 0.2) is 0 Å². The van der Waals surface area contributed by atoms with Crippen LogP contribution in [-0.4, -0.2) is 44.5 Å². The van der Waals surface area contributed by atoms with Crippen molar-refractivity contribution in [2.45, 2.75) is 19.8 Å². The first kappa shape index (κ1) is 22.0. The maximum atomic E-state index is 12.9. The van der Waals surface area contributed by atoms with Crippen LogP contribution in [0.5, 0.6) is 0 Å². The van der Waals surface area contributed by atoms with Crippen LogP contribution >= 0.6 is 0 Å². The number of hydrogen-bond acceptors (Lipinski definition) is 6. The molecule has 2 aromatic rings. The van der Waals surface area contributed by atoms with Gasteiger partial charge in [0.1, 0.15) is 0 Å². The summed E-state index contributed by atoms with van der Waals surface area (Å²) in [6.07, 6.45) is 0.845. The highest BCUT2D eigenvalue weighted by molar-refractivity contribution is 6.05. The second kappa shape index (κ2) is 9.42. The van der Waals surface area contributed by atoms with E-state index in [1.54, 1.807) is 4.90 Å². The lowest BCUT2D eigenvalue weighted by Crippen LogP contribution is -2.28. The molecule has 0 aliphatic carbocycles. The van der Waals surface area contributed by atoms with Crippen molar-refractivity contribution in [2.24, 2.45) is 5.92 Å². The number of hydrogen-bond donors (Lipinski definition) is 1. The van der Waals surface area contributed by atoms with Crippen LogP contribution in [0.3, 0.4) is 0 Å². The molecule has 1 aliphatic heterocycles. The van der Waals surface area contributed by atoms with Gasteiger partial charge in [0.05, 0.1) is 31.3 Å². The molecule has 8 heteroatoms. The topological polar surface area (TPSA) is 102 Å². The van der Waals surface area contributed by atoms with E-state index in [-0.39, 0.29) is 41.6 Å². The van der Waals surface area contributed by atoms with E-state index in [1.807, 2.05) is 31.2 Å². The number of rotatable bonds is 6. The van der Waals surface area contributed by atoms with E-state index in [9.17, 15) is 19.2 Å². The molecule has 31 heavy (non-hydrogen) atoms. The van der Waals surface area contributed by atoms with E-state index >= 15 is 0 Å². The number of amides is 2. The van der Waals surface area contributed by atoms with Crippen molar-refractivity contribution < 1.29 is 28.7 Å². The molecule has 0 saturated carbocycles. The van der Waals surface area contributed by atoms with Crippen LogP contribution in [0.2, 0.25) is 0 Å². The lowest BCUT2D eigenvalue weighted by atomic mass is 10.1. The van der Waals surface area contributed by atoms with Crippen LogP contribution < -0.4 is 10.2 Å². The standard InChI is InChI=1S/C23H24N2O6/c1-4-14-7-5-6-8-19(14)25-13-17(12-20(25)26)21(27)24-18-10-15(22(28)30-2)9-16(11-18)23(29)31-3/h5-11,17H,4,12-13H2,1-3H3,(H,24,27). The van der Waals surface area contributed by atoms with E-state index in [0.29, 0.717) is 0 Å². The number of anilines is 2. The van der Waals surface area contributed by atoms with Crippen molar-refractivity contribution in [1.29, 1.82) is 0 Å². The molecule has 1 heterocycles. The zero-order valence-corrected chi connectivity index (χ0v) is 17.6. The number of esters is 2. The van der Waals surface area contributed by atoms with E-state index in [1.165, 1.54) is 32.4 Å². The van der Waals surface area contributed by atoms with Gasteiger partial charge >= 0.3 is 11.9 Å². The molecular formula is C23H24N2O6. The van der Waals surface area contributed by atoms with Crippen molar-refractivity contribution in [3.05, 3.63) is 59.2 Å². The number of ether oxygens (including phenoxy) is 2. The predicted molar refractivity (Wildman–Crippen MR) is 114 cm³/mol. The second-order valence-corrected chi connectivity index (χ2v) is 7.16. The summed E-state index contributed by atoms with van der Waals surface area (Å²) in [5.41, 5.74) is 2.29. The lowest BCUT2D eigenvalue weighted by Gasteiger charge is -2.20. The minimum absolute atomic E-state index is 0.0738. The fourth-order valence-corrected chi connectivity index (χ4v) is 3.60. The summed E-state index contributed by atoms with van der Waals surface area (Å²) in [6.45, 7) is 2.26. The third-order valence-corrected chi connectivity index (χ3v) is 5.20. The molecule has 0 spiro atoms. The normalized spacial score (nSPS) is 15.5. The summed E-state index contributed by atoms with van der Waals surface area (Å²) in [4.78, 5) is 51.0. The van der Waals surface area contributed by atoms with Crippen molar-refractivity contribution >= 4 is 35.1 Å². The number of aryl methyl sites for hydroxylation is 1. The Kier molecular flexibility index (Phi) is 6.69. The summed E-state index contributed by atoms with van der Waals surface area (Å²) >= 11 is 0. The summed E-state index contributed by atoms with van der Waals surface area (Å²) in [7, 11) is 2.44. The fourth-order valence-electron chi connectivity index (χ4n) is 3.60. The van der Waals surface area contributed by atoms with Gasteiger partial charge in [0, 0.05) is 24.3 Å². The molecule has 1 saturated heterocycles. The molecule has 1 unspecified atom stereocenters. The van der Waals surface area contributed by atoms with E-state index in [2.05, 4.69) is 5.32 Å². The third kappa shape index (κ3) is 4.74. The molecule has 1 atom stereocenters. The maximum Gasteiger partial charge on any atom is 0.337 e. The highest BCUT2D eigenvalue weighted by Gasteiger charge is 2.36. The first-order valence-corrected chi connectivity index (χ1v) is 9.88. The first-order chi connectivity index (χ1) is 14.9. The van der Waals surface area contributed by atoms with Crippen molar-refractivity contribution in [2.75, 3.05) is 31.0 Å². The molecule has 1 N–H and O–H groups in total. The van der Waals surface area contributed by atoms with Crippen LogP contribution in [0.25, 0.3) is 0 Å². The minimum atomic E-state index is -0.653. The lowest BCUT2D eigenvalue weighted by molar-refractivity contribution is -0.122. The third-order valence-electron chi connectivity index (χ3n) is 5.20. The van der Waals surface area contributed by atoms with Gasteiger partial charge in [0.25, 0.3) is 0 Å². The van der Waals surface area contributed by atoms with Gasteiger partial charge in [-0.05, 0) is 36.2 Å². The Morgan fingerprint density at radius 1 is 1.03 bits per heavy atom. The Hall–Kier alpha value is -3.68. The van der Waals surface area contributed by atoms with Gasteiger partial charge in [-0.15, -0.1) is 0 Å². The van der Waals surface area contributed by atoms with Crippen molar-refractivity contribution in [3.8, 4) is 0 Å². The first-order valence-electron chi connectivity index (χ1n) is 9.88. The molecule has 0 bridgehead atoms. The van der Waals surface area contributed by atoms with Crippen LogP contribution in [0.1, 0.15) is 39.6 Å². The molecule has 1 fully saturated rings. The summed E-state index contributed by atoms with van der Waals surface area (Å²) in [6, 6.07) is 11.8. The highest BCUT2D eigenvalue weighted by Crippen LogP contribution is 2.29. The largest absolute Gasteiger partial charge is 0.465 e. The van der Waals surface area contributed by atoms with Crippen LogP contribution in [-0.2, 0) is 25.5 Å². The zero-order valence-electron chi connectivity index (χ0n) is 17.6. The van der Waals surface area contributed by atoms with Crippen LogP contribution in [0.15, 0.2) is 42.5 Å². The monoisotopic (exact) mass is 424 g/mol. The summed E-state index contributed by atoms with van der Waals surface area (Å²) in [5, 5.41) is 2.71. The highest BCUT2D eigenvalue weighted by atomic mass is 16.5. The molecule has 2 aromatic carbocycles. The molecule has 3 rings (SSSR count). The Morgan fingerprint density at radius 3 is 2.23 bits per heavy atom. The van der Waals surface area contributed by atoms with Gasteiger partial charge in [-0.2, -0.15) is 0 Å². The van der Waals surface area contributed by atoms with Crippen molar-refractivity contribution in [1.82, 2.24) is 0 Å². The van der Waals surface area contributed by atoms with Gasteiger partial charge < -0.3 is 19.7 Å². The Labute approximate surface area is 180 Å². The average Bonchev–Trinajstić information content (AvgIpc) is 3.19. The van der Waals surface area contributed by atoms with Gasteiger partial charge in [-0.3, -0.25) is 9.59 Å². The molecule has 162 valence electrons. The molecule has 0 aromatic heterocycles. The maximum absolute atomic E-state index is 12.9. The molecule has 0 radical (unpaired) electrons. The van der Waals surface area contributed by atoms with Crippen LogP contribution in [0.4, 0.5) is 11.4 Å². The molecule has 1 aliphatic rings. The molecular weight excluding hydrogens is 400 g/mol. The van der Waals surface area contributed by atoms with Crippen LogP contribution in [0, 0.1) is 5.92 Å². The number of carbonyl (C=O) groups is 4. The second-order valence-electron chi connectivity index (χ2n) is 7.16. The predicted octanol–water partition coefficient (Wildman–Crippen LogP) is 2.81. The molecule has 2 amide bonds. The zero-order chi connectivity index (χ0) is 22.5. The molecule has 8 nitrogen and oxygen atoms in total. The number of benzene rings is 2.